The summed E-state index contributed by atoms with van der Waals surface area (Å²) in [6, 6.07) is 9.44. The molecule has 0 radical (unpaired) electrons. The molecule has 0 bridgehead atoms. The highest BCUT2D eigenvalue weighted by Crippen LogP contribution is 2.37. The van der Waals surface area contributed by atoms with Crippen molar-refractivity contribution in [3.63, 3.8) is 0 Å². The first kappa shape index (κ1) is 24.0. The number of hydrogen-bond acceptors (Lipinski definition) is 7. The van der Waals surface area contributed by atoms with Gasteiger partial charge in [-0.15, -0.1) is 0 Å². The molecule has 3 aromatic rings. The number of sulfonamides is 1. The lowest BCUT2D eigenvalue weighted by atomic mass is 10.1. The fourth-order valence-electron chi connectivity index (χ4n) is 4.02. The first-order valence-corrected chi connectivity index (χ1v) is 13.3. The highest BCUT2D eigenvalue weighted by molar-refractivity contribution is 7.92. The lowest BCUT2D eigenvalue weighted by molar-refractivity contribution is -0.119. The lowest BCUT2D eigenvalue weighted by Crippen LogP contribution is -2.20. The molecule has 1 aromatic heterocycles. The molecule has 0 atom stereocenters. The number of thiazole rings is 1. The van der Waals surface area contributed by atoms with Crippen molar-refractivity contribution >= 4 is 38.1 Å². The summed E-state index contributed by atoms with van der Waals surface area (Å²) in [5.74, 6) is 0.192. The molecule has 8 nitrogen and oxygen atoms in total. The molecule has 1 aliphatic carbocycles. The van der Waals surface area contributed by atoms with E-state index < -0.39 is 10.0 Å². The molecule has 1 saturated carbocycles. The van der Waals surface area contributed by atoms with E-state index in [0.29, 0.717) is 22.0 Å². The standard InChI is InChI=1S/C24H27N3O5S2/c1-14-8-10-18(13-19(14)28)27-34(30,31)21-12-17(9-11-20(21)32-3)22-15(2)25-24(33-22)26-23(29)16-6-4-5-7-16/h8-13,16,27-28H,4-7H2,1-3H3,(H,25,26,29). The molecule has 1 aliphatic rings. The van der Waals surface area contributed by atoms with Gasteiger partial charge in [0.05, 0.1) is 23.4 Å². The number of rotatable bonds is 7. The van der Waals surface area contributed by atoms with Crippen molar-refractivity contribution in [1.82, 2.24) is 4.98 Å². The van der Waals surface area contributed by atoms with Gasteiger partial charge < -0.3 is 15.2 Å². The Morgan fingerprint density at radius 3 is 2.56 bits per heavy atom. The summed E-state index contributed by atoms with van der Waals surface area (Å²) in [4.78, 5) is 17.7. The molecule has 4 rings (SSSR count). The average molecular weight is 502 g/mol. The summed E-state index contributed by atoms with van der Waals surface area (Å²) in [6.07, 6.45) is 3.93. The number of methoxy groups -OCH3 is 1. The van der Waals surface area contributed by atoms with Crippen LogP contribution in [0, 0.1) is 19.8 Å². The fourth-order valence-corrected chi connectivity index (χ4v) is 6.24. The normalized spacial score (nSPS) is 14.2. The van der Waals surface area contributed by atoms with Gasteiger partial charge in [0.1, 0.15) is 16.4 Å². The number of aryl methyl sites for hydroxylation is 2. The van der Waals surface area contributed by atoms with Crippen LogP contribution in [-0.4, -0.2) is 31.5 Å². The number of carbonyl (C=O) groups is 1. The number of phenolic OH excluding ortho intramolecular Hbond substituents is 1. The molecule has 180 valence electrons. The van der Waals surface area contributed by atoms with Crippen molar-refractivity contribution in [3.8, 4) is 21.9 Å². The summed E-state index contributed by atoms with van der Waals surface area (Å²) >= 11 is 1.31. The van der Waals surface area contributed by atoms with Crippen LogP contribution in [0.4, 0.5) is 10.8 Å². The maximum absolute atomic E-state index is 13.2. The van der Waals surface area contributed by atoms with Crippen molar-refractivity contribution in [1.29, 1.82) is 0 Å². The molecule has 2 aromatic carbocycles. The van der Waals surface area contributed by atoms with Gasteiger partial charge in [0.2, 0.25) is 5.91 Å². The molecule has 0 unspecified atom stereocenters. The van der Waals surface area contributed by atoms with Gasteiger partial charge in [-0.2, -0.15) is 0 Å². The van der Waals surface area contributed by atoms with E-state index in [0.717, 1.165) is 30.6 Å². The number of carbonyl (C=O) groups excluding carboxylic acids is 1. The zero-order chi connectivity index (χ0) is 24.5. The second-order valence-electron chi connectivity index (χ2n) is 8.38. The quantitative estimate of drug-likeness (QED) is 0.416. The van der Waals surface area contributed by atoms with Crippen molar-refractivity contribution in [2.24, 2.45) is 5.92 Å². The van der Waals surface area contributed by atoms with E-state index in [2.05, 4.69) is 15.0 Å². The molecule has 1 amide bonds. The van der Waals surface area contributed by atoms with E-state index in [1.807, 2.05) is 6.92 Å². The van der Waals surface area contributed by atoms with Crippen LogP contribution in [0.25, 0.3) is 10.4 Å². The van der Waals surface area contributed by atoms with E-state index in [9.17, 15) is 18.3 Å². The molecule has 0 spiro atoms. The number of benzene rings is 2. The van der Waals surface area contributed by atoms with Gasteiger partial charge in [0.15, 0.2) is 5.13 Å². The zero-order valence-corrected chi connectivity index (χ0v) is 20.8. The van der Waals surface area contributed by atoms with E-state index in [4.69, 9.17) is 4.74 Å². The SMILES string of the molecule is COc1ccc(-c2sc(NC(=O)C3CCCC3)nc2C)cc1S(=O)(=O)Nc1ccc(C)c(O)c1. The Morgan fingerprint density at radius 2 is 1.88 bits per heavy atom. The number of nitrogens with one attached hydrogen (secondary N) is 2. The number of phenols is 1. The van der Waals surface area contributed by atoms with E-state index in [1.54, 1.807) is 31.2 Å². The minimum atomic E-state index is -4.02. The Hall–Kier alpha value is -3.11. The summed E-state index contributed by atoms with van der Waals surface area (Å²) in [5, 5.41) is 13.3. The number of amides is 1. The Morgan fingerprint density at radius 1 is 1.15 bits per heavy atom. The molecule has 0 saturated heterocycles. The van der Waals surface area contributed by atoms with Crippen LogP contribution in [0.2, 0.25) is 0 Å². The minimum absolute atomic E-state index is 0.00613. The first-order chi connectivity index (χ1) is 16.2. The maximum Gasteiger partial charge on any atom is 0.265 e. The fraction of sp³-hybridized carbons (Fsp3) is 0.333. The Bertz CT molecular complexity index is 1330. The summed E-state index contributed by atoms with van der Waals surface area (Å²) < 4.78 is 34.2. The number of aromatic hydroxyl groups is 1. The van der Waals surface area contributed by atoms with Gasteiger partial charge in [-0.3, -0.25) is 9.52 Å². The van der Waals surface area contributed by atoms with Crippen LogP contribution in [0.1, 0.15) is 36.9 Å². The molecule has 0 aliphatic heterocycles. The monoisotopic (exact) mass is 501 g/mol. The van der Waals surface area contributed by atoms with Gasteiger partial charge >= 0.3 is 0 Å². The van der Waals surface area contributed by atoms with Gasteiger partial charge in [-0.25, -0.2) is 13.4 Å². The molecular formula is C24H27N3O5S2. The van der Waals surface area contributed by atoms with Crippen molar-refractivity contribution in [2.45, 2.75) is 44.4 Å². The largest absolute Gasteiger partial charge is 0.508 e. The summed E-state index contributed by atoms with van der Waals surface area (Å²) in [5.41, 5.74) is 2.21. The predicted molar refractivity (Wildman–Crippen MR) is 133 cm³/mol. The third-order valence-corrected chi connectivity index (χ3v) is 8.45. The van der Waals surface area contributed by atoms with Crippen LogP contribution < -0.4 is 14.8 Å². The smallest absolute Gasteiger partial charge is 0.265 e. The van der Waals surface area contributed by atoms with Gasteiger partial charge in [0.25, 0.3) is 10.0 Å². The first-order valence-electron chi connectivity index (χ1n) is 11.0. The zero-order valence-electron chi connectivity index (χ0n) is 19.2. The molecule has 10 heteroatoms. The molecular weight excluding hydrogens is 474 g/mol. The molecule has 3 N–H and O–H groups in total. The van der Waals surface area contributed by atoms with Gasteiger partial charge in [0, 0.05) is 12.0 Å². The maximum atomic E-state index is 13.2. The van der Waals surface area contributed by atoms with Crippen LogP contribution in [0.3, 0.4) is 0 Å². The number of hydrogen-bond donors (Lipinski definition) is 3. The van der Waals surface area contributed by atoms with E-state index in [1.165, 1.54) is 30.6 Å². The van der Waals surface area contributed by atoms with Gasteiger partial charge in [-0.1, -0.05) is 30.2 Å². The lowest BCUT2D eigenvalue weighted by Gasteiger charge is -2.13. The van der Waals surface area contributed by atoms with Crippen LogP contribution in [0.15, 0.2) is 41.3 Å². The highest BCUT2D eigenvalue weighted by atomic mass is 32.2. The van der Waals surface area contributed by atoms with Crippen molar-refractivity contribution < 1.29 is 23.1 Å². The third kappa shape index (κ3) is 5.02. The van der Waals surface area contributed by atoms with E-state index >= 15 is 0 Å². The molecule has 34 heavy (non-hydrogen) atoms. The Labute approximate surface area is 203 Å². The minimum Gasteiger partial charge on any atom is -0.508 e. The number of nitrogens with zero attached hydrogens (tertiary/aromatic N) is 1. The van der Waals surface area contributed by atoms with Crippen molar-refractivity contribution in [2.75, 3.05) is 17.1 Å². The van der Waals surface area contributed by atoms with Gasteiger partial charge in [-0.05, 0) is 62.1 Å². The topological polar surface area (TPSA) is 118 Å². The second kappa shape index (κ2) is 9.63. The number of aromatic nitrogens is 1. The van der Waals surface area contributed by atoms with Crippen LogP contribution >= 0.6 is 11.3 Å². The Balaban J connectivity index is 1.64. The molecule has 1 heterocycles. The summed E-state index contributed by atoms with van der Waals surface area (Å²) in [6.45, 7) is 3.55. The number of ether oxygens (including phenoxy) is 1. The van der Waals surface area contributed by atoms with E-state index in [-0.39, 0.29) is 33.9 Å². The average Bonchev–Trinajstić information content (AvgIpc) is 3.46. The highest BCUT2D eigenvalue weighted by Gasteiger charge is 2.25. The van der Waals surface area contributed by atoms with Crippen LogP contribution in [-0.2, 0) is 14.8 Å². The Kier molecular flexibility index (Phi) is 6.81. The predicted octanol–water partition coefficient (Wildman–Crippen LogP) is 5.07. The molecule has 1 fully saturated rings. The second-order valence-corrected chi connectivity index (χ2v) is 11.0. The third-order valence-electron chi connectivity index (χ3n) is 5.93. The van der Waals surface area contributed by atoms with Crippen molar-refractivity contribution in [3.05, 3.63) is 47.7 Å². The summed E-state index contributed by atoms with van der Waals surface area (Å²) in [7, 11) is -2.62. The number of anilines is 2. The van der Waals surface area contributed by atoms with Crippen LogP contribution in [0.5, 0.6) is 11.5 Å².